The highest BCUT2D eigenvalue weighted by molar-refractivity contribution is 5.75. The van der Waals surface area contributed by atoms with Crippen molar-refractivity contribution < 1.29 is 9.90 Å². The molecule has 2 saturated carbocycles. The molecule has 2 aliphatic rings. The molecule has 2 fully saturated rings. The highest BCUT2D eigenvalue weighted by Gasteiger charge is 2.44. The Morgan fingerprint density at radius 3 is 1.72 bits per heavy atom. The minimum absolute atomic E-state index is 0.367. The molecule has 0 radical (unpaired) electrons. The van der Waals surface area contributed by atoms with E-state index >= 15 is 0 Å². The molecule has 0 saturated heterocycles. The number of carboxylic acid groups (broad SMARTS) is 1. The predicted molar refractivity (Wildman–Crippen MR) is 73.6 cm³/mol. The number of aliphatic carboxylic acids is 1. The van der Waals surface area contributed by atoms with Gasteiger partial charge in [-0.3, -0.25) is 4.79 Å². The Morgan fingerprint density at radius 1 is 0.778 bits per heavy atom. The summed E-state index contributed by atoms with van der Waals surface area (Å²) in [6.07, 6.45) is 15.4. The zero-order chi connectivity index (χ0) is 12.8. The molecule has 2 heteroatoms. The van der Waals surface area contributed by atoms with Crippen LogP contribution in [0, 0.1) is 11.3 Å². The molecule has 18 heavy (non-hydrogen) atoms. The summed E-state index contributed by atoms with van der Waals surface area (Å²) in [4.78, 5) is 11.9. The average molecular weight is 252 g/mol. The zero-order valence-electron chi connectivity index (χ0n) is 11.6. The van der Waals surface area contributed by atoms with Gasteiger partial charge in [-0.2, -0.15) is 0 Å². The summed E-state index contributed by atoms with van der Waals surface area (Å²) in [5.74, 6) is -0.0385. The van der Waals surface area contributed by atoms with Crippen LogP contribution in [-0.4, -0.2) is 11.1 Å². The standard InChI is InChI=1S/C16H28O2/c17-15(18)16(12-8-4-5-9-13-16)14-10-6-2-1-3-7-11-14/h14H,1-13H2,(H,17,18). The van der Waals surface area contributed by atoms with Crippen LogP contribution in [0.25, 0.3) is 0 Å². The fourth-order valence-corrected chi connectivity index (χ4v) is 4.16. The third kappa shape index (κ3) is 3.07. The number of hydrogen-bond acceptors (Lipinski definition) is 1. The first-order valence-corrected chi connectivity index (χ1v) is 7.99. The van der Waals surface area contributed by atoms with Gasteiger partial charge in [-0.25, -0.2) is 0 Å². The lowest BCUT2D eigenvalue weighted by molar-refractivity contribution is -0.154. The van der Waals surface area contributed by atoms with Crippen LogP contribution in [0.3, 0.4) is 0 Å². The fraction of sp³-hybridized carbons (Fsp3) is 0.938. The number of carboxylic acids is 1. The van der Waals surface area contributed by atoms with E-state index in [1.807, 2.05) is 0 Å². The van der Waals surface area contributed by atoms with E-state index in [0.29, 0.717) is 5.92 Å². The van der Waals surface area contributed by atoms with E-state index in [1.54, 1.807) is 0 Å². The van der Waals surface area contributed by atoms with Crippen LogP contribution in [0.5, 0.6) is 0 Å². The first-order valence-electron chi connectivity index (χ1n) is 7.99. The van der Waals surface area contributed by atoms with E-state index in [1.165, 1.54) is 44.9 Å². The summed E-state index contributed by atoms with van der Waals surface area (Å²) in [6.45, 7) is 0. The molecule has 2 nitrogen and oxygen atoms in total. The van der Waals surface area contributed by atoms with Gasteiger partial charge in [0.05, 0.1) is 5.41 Å². The van der Waals surface area contributed by atoms with Crippen molar-refractivity contribution in [2.24, 2.45) is 11.3 Å². The first-order chi connectivity index (χ1) is 8.76. The lowest BCUT2D eigenvalue weighted by atomic mass is 9.66. The SMILES string of the molecule is O=C(O)C1(C2CCCCCCC2)CCCCCC1. The smallest absolute Gasteiger partial charge is 0.309 e. The van der Waals surface area contributed by atoms with Gasteiger partial charge in [0.2, 0.25) is 0 Å². The van der Waals surface area contributed by atoms with Gasteiger partial charge in [-0.15, -0.1) is 0 Å². The summed E-state index contributed by atoms with van der Waals surface area (Å²) in [5.41, 5.74) is -0.367. The molecule has 0 aromatic heterocycles. The van der Waals surface area contributed by atoms with Crippen molar-refractivity contribution in [3.8, 4) is 0 Å². The van der Waals surface area contributed by atoms with E-state index in [9.17, 15) is 9.90 Å². The Bertz CT molecular complexity index is 256. The monoisotopic (exact) mass is 252 g/mol. The van der Waals surface area contributed by atoms with Crippen LogP contribution in [0.2, 0.25) is 0 Å². The molecule has 0 aromatic rings. The zero-order valence-corrected chi connectivity index (χ0v) is 11.6. The second-order valence-corrected chi connectivity index (χ2v) is 6.42. The molecule has 2 aliphatic carbocycles. The van der Waals surface area contributed by atoms with E-state index in [4.69, 9.17) is 0 Å². The van der Waals surface area contributed by atoms with Crippen LogP contribution in [-0.2, 0) is 4.79 Å². The Morgan fingerprint density at radius 2 is 1.22 bits per heavy atom. The van der Waals surface area contributed by atoms with Gasteiger partial charge < -0.3 is 5.11 Å². The summed E-state index contributed by atoms with van der Waals surface area (Å²) in [5, 5.41) is 9.83. The van der Waals surface area contributed by atoms with E-state index in [-0.39, 0.29) is 5.41 Å². The van der Waals surface area contributed by atoms with Crippen molar-refractivity contribution in [2.45, 2.75) is 83.5 Å². The molecule has 1 N–H and O–H groups in total. The summed E-state index contributed by atoms with van der Waals surface area (Å²) in [6, 6.07) is 0. The van der Waals surface area contributed by atoms with Crippen LogP contribution in [0.15, 0.2) is 0 Å². The maximum Gasteiger partial charge on any atom is 0.309 e. The molecule has 0 aliphatic heterocycles. The number of hydrogen-bond donors (Lipinski definition) is 1. The van der Waals surface area contributed by atoms with Crippen LogP contribution >= 0.6 is 0 Å². The minimum Gasteiger partial charge on any atom is -0.481 e. The van der Waals surface area contributed by atoms with Gasteiger partial charge in [-0.1, -0.05) is 57.8 Å². The number of rotatable bonds is 2. The molecule has 104 valence electrons. The van der Waals surface area contributed by atoms with Gasteiger partial charge in [0.1, 0.15) is 0 Å². The second-order valence-electron chi connectivity index (χ2n) is 6.42. The van der Waals surface area contributed by atoms with Crippen LogP contribution < -0.4 is 0 Å². The third-order valence-electron chi connectivity index (χ3n) is 5.31. The molecular weight excluding hydrogens is 224 g/mol. The topological polar surface area (TPSA) is 37.3 Å². The Balaban J connectivity index is 2.12. The quantitative estimate of drug-likeness (QED) is 0.719. The van der Waals surface area contributed by atoms with Gasteiger partial charge >= 0.3 is 5.97 Å². The summed E-state index contributed by atoms with van der Waals surface area (Å²) in [7, 11) is 0. The summed E-state index contributed by atoms with van der Waals surface area (Å²) < 4.78 is 0. The molecule has 0 spiro atoms. The maximum atomic E-state index is 11.9. The van der Waals surface area contributed by atoms with Crippen molar-refractivity contribution in [1.82, 2.24) is 0 Å². The van der Waals surface area contributed by atoms with Crippen LogP contribution in [0.1, 0.15) is 83.5 Å². The van der Waals surface area contributed by atoms with Crippen LogP contribution in [0.4, 0.5) is 0 Å². The lowest BCUT2D eigenvalue weighted by Gasteiger charge is -2.37. The van der Waals surface area contributed by atoms with Crippen molar-refractivity contribution in [2.75, 3.05) is 0 Å². The molecule has 0 bridgehead atoms. The van der Waals surface area contributed by atoms with E-state index in [2.05, 4.69) is 0 Å². The van der Waals surface area contributed by atoms with E-state index < -0.39 is 5.97 Å². The lowest BCUT2D eigenvalue weighted by Crippen LogP contribution is -2.38. The highest BCUT2D eigenvalue weighted by Crippen LogP contribution is 2.46. The fourth-order valence-electron chi connectivity index (χ4n) is 4.16. The number of carbonyl (C=O) groups is 1. The maximum absolute atomic E-state index is 11.9. The Labute approximate surface area is 111 Å². The third-order valence-corrected chi connectivity index (χ3v) is 5.31. The van der Waals surface area contributed by atoms with Gasteiger partial charge in [0.25, 0.3) is 0 Å². The predicted octanol–water partition coefficient (Wildman–Crippen LogP) is 4.77. The molecule has 0 amide bonds. The normalized spacial score (nSPS) is 26.9. The van der Waals surface area contributed by atoms with Crippen molar-refractivity contribution in [3.05, 3.63) is 0 Å². The Hall–Kier alpha value is -0.530. The van der Waals surface area contributed by atoms with E-state index in [0.717, 1.165) is 38.5 Å². The molecular formula is C16H28O2. The molecule has 2 rings (SSSR count). The summed E-state index contributed by atoms with van der Waals surface area (Å²) >= 11 is 0. The van der Waals surface area contributed by atoms with Crippen molar-refractivity contribution >= 4 is 5.97 Å². The molecule has 0 atom stereocenters. The van der Waals surface area contributed by atoms with Gasteiger partial charge in [-0.05, 0) is 31.6 Å². The minimum atomic E-state index is -0.491. The van der Waals surface area contributed by atoms with Crippen molar-refractivity contribution in [3.63, 3.8) is 0 Å². The second kappa shape index (κ2) is 6.58. The molecule has 0 aromatic carbocycles. The Kier molecular flexibility index (Phi) is 5.08. The first kappa shape index (κ1) is 13.9. The molecule has 0 unspecified atom stereocenters. The largest absolute Gasteiger partial charge is 0.481 e. The van der Waals surface area contributed by atoms with Gasteiger partial charge in [0.15, 0.2) is 0 Å². The highest BCUT2D eigenvalue weighted by atomic mass is 16.4. The molecule has 0 heterocycles. The van der Waals surface area contributed by atoms with Crippen molar-refractivity contribution in [1.29, 1.82) is 0 Å². The average Bonchev–Trinajstić information content (AvgIpc) is 2.55. The van der Waals surface area contributed by atoms with Gasteiger partial charge in [0, 0.05) is 0 Å².